The third kappa shape index (κ3) is 35.0. The lowest BCUT2D eigenvalue weighted by Gasteiger charge is -2.18. The molecular weight excluding hydrogens is 673 g/mol. The van der Waals surface area contributed by atoms with Gasteiger partial charge >= 0.3 is 19.8 Å². The molecule has 0 fully saturated rings. The standard InChI is InChI=1S/C39H74NO10P/c1-3-5-7-9-11-13-15-17-18-19-20-22-24-26-28-30-37(42)40-36(39(44)45)34-50-51(46,47)49-33-35(41)32-48-38(43)31-29-27-25-23-21-16-14-12-10-8-6-4-2/h17-18,35-36,41H,3-16,19-34H2,1-2H3,(H,40,42)(H,44,45)(H,46,47)/b18-17-. The lowest BCUT2D eigenvalue weighted by atomic mass is 10.0. The summed E-state index contributed by atoms with van der Waals surface area (Å²) in [4.78, 5) is 45.7. The number of aliphatic carboxylic acids is 1. The summed E-state index contributed by atoms with van der Waals surface area (Å²) >= 11 is 0. The van der Waals surface area contributed by atoms with Crippen LogP contribution in [0.4, 0.5) is 0 Å². The summed E-state index contributed by atoms with van der Waals surface area (Å²) < 4.78 is 26.7. The fraction of sp³-hybridized carbons (Fsp3) is 0.872. The van der Waals surface area contributed by atoms with E-state index in [0.717, 1.165) is 57.8 Å². The van der Waals surface area contributed by atoms with Crippen LogP contribution >= 0.6 is 7.82 Å². The minimum atomic E-state index is -4.75. The van der Waals surface area contributed by atoms with Crippen molar-refractivity contribution in [2.75, 3.05) is 19.8 Å². The van der Waals surface area contributed by atoms with Crippen molar-refractivity contribution in [1.82, 2.24) is 5.32 Å². The first-order chi connectivity index (χ1) is 24.6. The van der Waals surface area contributed by atoms with E-state index in [1.165, 1.54) is 89.9 Å². The second-order valence-corrected chi connectivity index (χ2v) is 15.3. The molecule has 3 atom stereocenters. The van der Waals surface area contributed by atoms with Gasteiger partial charge in [-0.15, -0.1) is 0 Å². The molecule has 0 aromatic heterocycles. The van der Waals surface area contributed by atoms with E-state index >= 15 is 0 Å². The third-order valence-corrected chi connectivity index (χ3v) is 9.76. The molecule has 0 spiro atoms. The Hall–Kier alpha value is -1.78. The van der Waals surface area contributed by atoms with Gasteiger partial charge in [0.2, 0.25) is 5.91 Å². The minimum Gasteiger partial charge on any atom is -0.480 e. The highest BCUT2D eigenvalue weighted by atomic mass is 31.2. The zero-order valence-electron chi connectivity index (χ0n) is 32.2. The van der Waals surface area contributed by atoms with Crippen molar-refractivity contribution in [3.8, 4) is 0 Å². The van der Waals surface area contributed by atoms with Crippen molar-refractivity contribution >= 4 is 25.7 Å². The second kappa shape index (κ2) is 35.3. The van der Waals surface area contributed by atoms with Gasteiger partial charge in [0, 0.05) is 12.8 Å². The normalized spacial score (nSPS) is 14.0. The molecule has 0 heterocycles. The number of allylic oxidation sites excluding steroid dienone is 2. The molecule has 12 heteroatoms. The second-order valence-electron chi connectivity index (χ2n) is 13.8. The topological polar surface area (TPSA) is 169 Å². The predicted octanol–water partition coefficient (Wildman–Crippen LogP) is 9.72. The quantitative estimate of drug-likeness (QED) is 0.0206. The lowest BCUT2D eigenvalue weighted by molar-refractivity contribution is -0.147. The lowest BCUT2D eigenvalue weighted by Crippen LogP contribution is -2.43. The molecule has 0 rings (SSSR count). The van der Waals surface area contributed by atoms with Crippen molar-refractivity contribution in [3.63, 3.8) is 0 Å². The molecule has 0 bridgehead atoms. The van der Waals surface area contributed by atoms with E-state index < -0.39 is 57.6 Å². The number of rotatable bonds is 38. The number of ether oxygens (including phenoxy) is 1. The van der Waals surface area contributed by atoms with Gasteiger partial charge in [-0.2, -0.15) is 0 Å². The molecule has 300 valence electrons. The van der Waals surface area contributed by atoms with Crippen LogP contribution in [0.25, 0.3) is 0 Å². The Morgan fingerprint density at radius 1 is 0.608 bits per heavy atom. The summed E-state index contributed by atoms with van der Waals surface area (Å²) in [6.07, 6.45) is 32.4. The van der Waals surface area contributed by atoms with Gasteiger partial charge < -0.3 is 25.2 Å². The molecule has 3 unspecified atom stereocenters. The summed E-state index contributed by atoms with van der Waals surface area (Å²) in [6, 6.07) is -1.55. The van der Waals surface area contributed by atoms with Crippen LogP contribution in [0.1, 0.15) is 187 Å². The molecule has 0 aromatic carbocycles. The number of phosphoric acid groups is 1. The Morgan fingerprint density at radius 2 is 1.02 bits per heavy atom. The Labute approximate surface area is 309 Å². The highest BCUT2D eigenvalue weighted by Gasteiger charge is 2.28. The maximum atomic E-state index is 12.3. The first-order valence-corrected chi connectivity index (χ1v) is 21.7. The number of unbranched alkanes of at least 4 members (excludes halogenated alkanes) is 22. The van der Waals surface area contributed by atoms with Crippen molar-refractivity contribution in [2.45, 2.75) is 199 Å². The first kappa shape index (κ1) is 49.2. The maximum Gasteiger partial charge on any atom is 0.472 e. The summed E-state index contributed by atoms with van der Waals surface area (Å²) in [7, 11) is -4.75. The van der Waals surface area contributed by atoms with Crippen LogP contribution in [0.5, 0.6) is 0 Å². The van der Waals surface area contributed by atoms with E-state index in [4.69, 9.17) is 13.8 Å². The Bertz CT molecular complexity index is 932. The van der Waals surface area contributed by atoms with Gasteiger partial charge in [0.25, 0.3) is 0 Å². The molecule has 0 aromatic rings. The molecule has 0 saturated carbocycles. The molecule has 0 radical (unpaired) electrons. The highest BCUT2D eigenvalue weighted by Crippen LogP contribution is 2.43. The molecule has 1 amide bonds. The molecule has 0 saturated heterocycles. The molecule has 0 aliphatic carbocycles. The van der Waals surface area contributed by atoms with Gasteiger partial charge in [0.1, 0.15) is 12.7 Å². The molecule has 51 heavy (non-hydrogen) atoms. The fourth-order valence-electron chi connectivity index (χ4n) is 5.60. The molecule has 0 aliphatic heterocycles. The van der Waals surface area contributed by atoms with Crippen LogP contribution < -0.4 is 5.32 Å². The number of carboxylic acids is 1. The van der Waals surface area contributed by atoms with Gasteiger partial charge in [0.05, 0.1) is 13.2 Å². The van der Waals surface area contributed by atoms with Crippen molar-refractivity contribution in [1.29, 1.82) is 0 Å². The first-order valence-electron chi connectivity index (χ1n) is 20.2. The van der Waals surface area contributed by atoms with Gasteiger partial charge in [-0.25, -0.2) is 9.36 Å². The van der Waals surface area contributed by atoms with E-state index in [0.29, 0.717) is 12.8 Å². The van der Waals surface area contributed by atoms with Crippen molar-refractivity contribution in [3.05, 3.63) is 12.2 Å². The fourth-order valence-corrected chi connectivity index (χ4v) is 6.38. The van der Waals surface area contributed by atoms with Crippen LogP contribution in [0.3, 0.4) is 0 Å². The van der Waals surface area contributed by atoms with Crippen LogP contribution in [0.15, 0.2) is 12.2 Å². The summed E-state index contributed by atoms with van der Waals surface area (Å²) in [5.41, 5.74) is 0. The van der Waals surface area contributed by atoms with E-state index in [1.807, 2.05) is 0 Å². The minimum absolute atomic E-state index is 0.138. The van der Waals surface area contributed by atoms with E-state index in [9.17, 15) is 34.1 Å². The summed E-state index contributed by atoms with van der Waals surface area (Å²) in [5.74, 6) is -2.38. The SMILES string of the molecule is CCCCCCCC/C=C\CCCCCCCC(=O)NC(COP(=O)(O)OCC(O)COC(=O)CCCCCCCCCCCCCC)C(=O)O. The number of aliphatic hydroxyl groups is 1. The number of carbonyl (C=O) groups excluding carboxylic acids is 2. The van der Waals surface area contributed by atoms with Gasteiger partial charge in [-0.05, 0) is 38.5 Å². The molecule has 0 aliphatic rings. The van der Waals surface area contributed by atoms with Crippen molar-refractivity contribution < 1.29 is 47.8 Å². The van der Waals surface area contributed by atoms with Crippen LogP contribution in [0, 0.1) is 0 Å². The monoisotopic (exact) mass is 748 g/mol. The number of carboxylic acid groups (broad SMARTS) is 1. The largest absolute Gasteiger partial charge is 0.480 e. The number of hydrogen-bond donors (Lipinski definition) is 4. The Balaban J connectivity index is 3.95. The van der Waals surface area contributed by atoms with Gasteiger partial charge in [0.15, 0.2) is 6.04 Å². The zero-order chi connectivity index (χ0) is 37.8. The number of carbonyl (C=O) groups is 3. The number of esters is 1. The highest BCUT2D eigenvalue weighted by molar-refractivity contribution is 7.47. The molecule has 4 N–H and O–H groups in total. The van der Waals surface area contributed by atoms with E-state index in [1.54, 1.807) is 0 Å². The Morgan fingerprint density at radius 3 is 1.49 bits per heavy atom. The molecule has 11 nitrogen and oxygen atoms in total. The zero-order valence-corrected chi connectivity index (χ0v) is 33.1. The Kier molecular flexibility index (Phi) is 34.0. The third-order valence-electron chi connectivity index (χ3n) is 8.80. The number of amides is 1. The molecular formula is C39H74NO10P. The number of hydrogen-bond acceptors (Lipinski definition) is 8. The van der Waals surface area contributed by atoms with Crippen molar-refractivity contribution in [2.24, 2.45) is 0 Å². The van der Waals surface area contributed by atoms with Crippen LogP contribution in [-0.4, -0.2) is 64.9 Å². The number of nitrogens with one attached hydrogen (secondary N) is 1. The average molecular weight is 748 g/mol. The summed E-state index contributed by atoms with van der Waals surface area (Å²) in [6.45, 7) is 2.57. The van der Waals surface area contributed by atoms with E-state index in [2.05, 4.69) is 31.3 Å². The summed E-state index contributed by atoms with van der Waals surface area (Å²) in [5, 5.41) is 21.7. The number of phosphoric ester groups is 1. The smallest absolute Gasteiger partial charge is 0.472 e. The average Bonchev–Trinajstić information content (AvgIpc) is 3.10. The van der Waals surface area contributed by atoms with Crippen LogP contribution in [0.2, 0.25) is 0 Å². The van der Waals surface area contributed by atoms with E-state index in [-0.39, 0.29) is 12.8 Å². The van der Waals surface area contributed by atoms with Gasteiger partial charge in [-0.1, -0.05) is 148 Å². The maximum absolute atomic E-state index is 12.3. The van der Waals surface area contributed by atoms with Crippen LogP contribution in [-0.2, 0) is 32.7 Å². The predicted molar refractivity (Wildman–Crippen MR) is 203 cm³/mol. The van der Waals surface area contributed by atoms with Gasteiger partial charge in [-0.3, -0.25) is 18.6 Å². The number of aliphatic hydroxyl groups excluding tert-OH is 1.